The summed E-state index contributed by atoms with van der Waals surface area (Å²) in [6.45, 7) is 3.60. The zero-order chi connectivity index (χ0) is 26.9. The standard InChI is InChI=1S/C28H24ClN5O5/c29-21-4-8-22(9-5-21)33-25(16-24(30-33)20-2-6-23(7-3-20)34(36)37)28(35)32-13-11-31(12-14-32)17-19-1-10-26-27(15-19)39-18-38-26/h1-10,15-16H,11-14,17-18H2. The van der Waals surface area contributed by atoms with Gasteiger partial charge in [0.1, 0.15) is 5.69 Å². The van der Waals surface area contributed by atoms with E-state index in [4.69, 9.17) is 26.2 Å². The number of carbonyl (C=O) groups excluding carboxylic acids is 1. The lowest BCUT2D eigenvalue weighted by Crippen LogP contribution is -2.48. The van der Waals surface area contributed by atoms with Crippen LogP contribution >= 0.6 is 11.6 Å². The summed E-state index contributed by atoms with van der Waals surface area (Å²) in [5.41, 5.74) is 3.45. The average molecular weight is 546 g/mol. The van der Waals surface area contributed by atoms with Crippen LogP contribution in [-0.4, -0.2) is 63.4 Å². The highest BCUT2D eigenvalue weighted by atomic mass is 35.5. The second-order valence-corrected chi connectivity index (χ2v) is 9.80. The molecular formula is C28H24ClN5O5. The summed E-state index contributed by atoms with van der Waals surface area (Å²) < 4.78 is 12.5. The first-order valence-corrected chi connectivity index (χ1v) is 12.8. The van der Waals surface area contributed by atoms with Crippen LogP contribution in [0.25, 0.3) is 16.9 Å². The third-order valence-corrected chi connectivity index (χ3v) is 7.13. The van der Waals surface area contributed by atoms with E-state index in [0.717, 1.165) is 36.7 Å². The Kier molecular flexibility index (Phi) is 6.64. The van der Waals surface area contributed by atoms with Gasteiger partial charge in [0.2, 0.25) is 6.79 Å². The molecular weight excluding hydrogens is 522 g/mol. The minimum absolute atomic E-state index is 0.00852. The molecule has 3 aromatic carbocycles. The van der Waals surface area contributed by atoms with Gasteiger partial charge in [-0.2, -0.15) is 5.10 Å². The zero-order valence-electron chi connectivity index (χ0n) is 20.8. The van der Waals surface area contributed by atoms with Gasteiger partial charge in [-0.15, -0.1) is 0 Å². The lowest BCUT2D eigenvalue weighted by Gasteiger charge is -2.34. The number of non-ortho nitro benzene ring substituents is 1. The molecule has 1 fully saturated rings. The molecule has 1 amide bonds. The number of nitrogens with zero attached hydrogens (tertiary/aromatic N) is 5. The second kappa shape index (κ2) is 10.4. The number of benzene rings is 3. The van der Waals surface area contributed by atoms with E-state index in [9.17, 15) is 14.9 Å². The van der Waals surface area contributed by atoms with Gasteiger partial charge in [0.05, 0.1) is 16.3 Å². The zero-order valence-corrected chi connectivity index (χ0v) is 21.6. The molecule has 10 nitrogen and oxygen atoms in total. The van der Waals surface area contributed by atoms with Crippen LogP contribution in [0.15, 0.2) is 72.8 Å². The van der Waals surface area contributed by atoms with Crippen molar-refractivity contribution in [3.63, 3.8) is 0 Å². The predicted molar refractivity (Wildman–Crippen MR) is 144 cm³/mol. The molecule has 11 heteroatoms. The molecule has 3 heterocycles. The number of aromatic nitrogens is 2. The van der Waals surface area contributed by atoms with Crippen LogP contribution in [0.4, 0.5) is 5.69 Å². The Labute approximate surface area is 229 Å². The normalized spacial score (nSPS) is 14.9. The SMILES string of the molecule is O=C(c1cc(-c2ccc([N+](=O)[O-])cc2)nn1-c1ccc(Cl)cc1)N1CCN(Cc2ccc3c(c2)OCO3)CC1. The average Bonchev–Trinajstić information content (AvgIpc) is 3.61. The van der Waals surface area contributed by atoms with Crippen LogP contribution in [0.1, 0.15) is 16.1 Å². The van der Waals surface area contributed by atoms with E-state index in [-0.39, 0.29) is 18.4 Å². The van der Waals surface area contributed by atoms with E-state index in [1.165, 1.54) is 12.1 Å². The summed E-state index contributed by atoms with van der Waals surface area (Å²) >= 11 is 6.09. The van der Waals surface area contributed by atoms with Gasteiger partial charge < -0.3 is 14.4 Å². The smallest absolute Gasteiger partial charge is 0.272 e. The van der Waals surface area contributed by atoms with Crippen LogP contribution in [0.3, 0.4) is 0 Å². The van der Waals surface area contributed by atoms with Crippen molar-refractivity contribution in [3.8, 4) is 28.4 Å². The highest BCUT2D eigenvalue weighted by molar-refractivity contribution is 6.30. The summed E-state index contributed by atoms with van der Waals surface area (Å²) in [6, 6.07) is 20.9. The monoisotopic (exact) mass is 545 g/mol. The fourth-order valence-corrected chi connectivity index (χ4v) is 4.90. The molecule has 6 rings (SSSR count). The van der Waals surface area contributed by atoms with Crippen molar-refractivity contribution in [1.29, 1.82) is 0 Å². The molecule has 4 aromatic rings. The molecule has 39 heavy (non-hydrogen) atoms. The van der Waals surface area contributed by atoms with Gasteiger partial charge in [-0.25, -0.2) is 4.68 Å². The Morgan fingerprint density at radius 1 is 0.923 bits per heavy atom. The summed E-state index contributed by atoms with van der Waals surface area (Å²) in [4.78, 5) is 28.5. The molecule has 2 aliphatic heterocycles. The Morgan fingerprint density at radius 2 is 1.64 bits per heavy atom. The van der Waals surface area contributed by atoms with Gasteiger partial charge in [0.25, 0.3) is 11.6 Å². The first-order valence-electron chi connectivity index (χ1n) is 12.5. The Balaban J connectivity index is 1.21. The summed E-state index contributed by atoms with van der Waals surface area (Å²) in [5, 5.41) is 16.3. The third-order valence-electron chi connectivity index (χ3n) is 6.88. The number of rotatable bonds is 6. The maximum atomic E-state index is 13.7. The Morgan fingerprint density at radius 3 is 2.36 bits per heavy atom. The third kappa shape index (κ3) is 5.16. The number of fused-ring (bicyclic) bond motifs is 1. The van der Waals surface area contributed by atoms with Gasteiger partial charge in [0, 0.05) is 55.4 Å². The number of nitro groups is 1. The first-order chi connectivity index (χ1) is 18.9. The molecule has 0 saturated carbocycles. The second-order valence-electron chi connectivity index (χ2n) is 9.36. The maximum Gasteiger partial charge on any atom is 0.272 e. The number of hydrogen-bond acceptors (Lipinski definition) is 7. The predicted octanol–water partition coefficient (Wildman–Crippen LogP) is 4.79. The van der Waals surface area contributed by atoms with E-state index < -0.39 is 4.92 Å². The molecule has 1 aromatic heterocycles. The molecule has 0 N–H and O–H groups in total. The topological polar surface area (TPSA) is 103 Å². The number of nitro benzene ring substituents is 1. The molecule has 0 aliphatic carbocycles. The lowest BCUT2D eigenvalue weighted by molar-refractivity contribution is -0.384. The highest BCUT2D eigenvalue weighted by Gasteiger charge is 2.27. The van der Waals surface area contributed by atoms with Crippen molar-refractivity contribution in [2.24, 2.45) is 0 Å². The number of hydrogen-bond donors (Lipinski definition) is 0. The highest BCUT2D eigenvalue weighted by Crippen LogP contribution is 2.33. The van der Waals surface area contributed by atoms with Gasteiger partial charge in [-0.05, 0) is 60.2 Å². The number of ether oxygens (including phenoxy) is 2. The summed E-state index contributed by atoms with van der Waals surface area (Å²) in [5.74, 6) is 1.40. The van der Waals surface area contributed by atoms with Crippen LogP contribution in [0.2, 0.25) is 5.02 Å². The maximum absolute atomic E-state index is 13.7. The molecule has 0 radical (unpaired) electrons. The molecule has 198 valence electrons. The van der Waals surface area contributed by atoms with Crippen molar-refractivity contribution in [1.82, 2.24) is 19.6 Å². The van der Waals surface area contributed by atoms with E-state index in [0.29, 0.717) is 40.8 Å². The van der Waals surface area contributed by atoms with E-state index >= 15 is 0 Å². The van der Waals surface area contributed by atoms with Crippen LogP contribution < -0.4 is 9.47 Å². The van der Waals surface area contributed by atoms with E-state index in [1.807, 2.05) is 23.1 Å². The molecule has 2 aliphatic rings. The van der Waals surface area contributed by atoms with E-state index in [1.54, 1.807) is 47.1 Å². The van der Waals surface area contributed by atoms with Crippen LogP contribution in [0.5, 0.6) is 11.5 Å². The summed E-state index contributed by atoms with van der Waals surface area (Å²) in [7, 11) is 0. The lowest BCUT2D eigenvalue weighted by atomic mass is 10.1. The molecule has 0 atom stereocenters. The summed E-state index contributed by atoms with van der Waals surface area (Å²) in [6.07, 6.45) is 0. The first kappa shape index (κ1) is 24.9. The molecule has 0 bridgehead atoms. The Hall–Kier alpha value is -4.41. The Bertz CT molecular complexity index is 1530. The van der Waals surface area contributed by atoms with Crippen molar-refractivity contribution in [2.75, 3.05) is 33.0 Å². The van der Waals surface area contributed by atoms with Crippen molar-refractivity contribution in [3.05, 3.63) is 99.2 Å². The van der Waals surface area contributed by atoms with Gasteiger partial charge in [-0.1, -0.05) is 17.7 Å². The quantitative estimate of drug-likeness (QED) is 0.253. The van der Waals surface area contributed by atoms with Gasteiger partial charge in [0.15, 0.2) is 11.5 Å². The van der Waals surface area contributed by atoms with Gasteiger partial charge in [-0.3, -0.25) is 19.8 Å². The van der Waals surface area contributed by atoms with Crippen molar-refractivity contribution >= 4 is 23.2 Å². The largest absolute Gasteiger partial charge is 0.454 e. The minimum atomic E-state index is -0.447. The number of halogens is 1. The number of piperazine rings is 1. The fourth-order valence-electron chi connectivity index (χ4n) is 4.78. The van der Waals surface area contributed by atoms with Crippen LogP contribution in [-0.2, 0) is 6.54 Å². The van der Waals surface area contributed by atoms with Gasteiger partial charge >= 0.3 is 0 Å². The molecule has 1 saturated heterocycles. The van der Waals surface area contributed by atoms with Crippen LogP contribution in [0, 0.1) is 10.1 Å². The van der Waals surface area contributed by atoms with Crippen molar-refractivity contribution < 1.29 is 19.2 Å². The number of carbonyl (C=O) groups is 1. The number of amides is 1. The molecule has 0 unspecified atom stereocenters. The van der Waals surface area contributed by atoms with Crippen molar-refractivity contribution in [2.45, 2.75) is 6.54 Å². The minimum Gasteiger partial charge on any atom is -0.454 e. The van der Waals surface area contributed by atoms with E-state index in [2.05, 4.69) is 4.90 Å². The molecule has 0 spiro atoms. The fraction of sp³-hybridized carbons (Fsp3) is 0.214.